The number of hydrogen-bond donors (Lipinski definition) is 2. The lowest BCUT2D eigenvalue weighted by Gasteiger charge is -2.72. The van der Waals surface area contributed by atoms with Crippen molar-refractivity contribution < 1.29 is 18.3 Å². The molecule has 6 fully saturated rings. The summed E-state index contributed by atoms with van der Waals surface area (Å²) >= 11 is 0. The van der Waals surface area contributed by atoms with Crippen LogP contribution in [0, 0.1) is 51.2 Å². The number of carboxylic acids is 1. The quantitative estimate of drug-likeness (QED) is 0.279. The topological polar surface area (TPSA) is 86.7 Å². The summed E-state index contributed by atoms with van der Waals surface area (Å²) in [7, 11) is -2.86. The molecule has 7 heteroatoms. The van der Waals surface area contributed by atoms with Crippen LogP contribution in [-0.4, -0.2) is 66.6 Å². The van der Waals surface area contributed by atoms with Crippen LogP contribution >= 0.6 is 0 Å². The number of carbonyl (C=O) groups is 1. The minimum atomic E-state index is -2.86. The molecule has 1 unspecified atom stereocenters. The highest BCUT2D eigenvalue weighted by Gasteiger charge is 2.70. The van der Waals surface area contributed by atoms with Gasteiger partial charge in [-0.15, -0.1) is 0 Å². The lowest BCUT2D eigenvalue weighted by molar-refractivity contribution is -0.219. The molecule has 7 aliphatic rings. The molecular weight excluding hydrogens is 641 g/mol. The van der Waals surface area contributed by atoms with Gasteiger partial charge in [-0.1, -0.05) is 65.0 Å². The number of allylic oxidation sites excluding steroid dienone is 3. The van der Waals surface area contributed by atoms with Crippen molar-refractivity contribution in [3.05, 3.63) is 53.6 Å². The fourth-order valence-electron chi connectivity index (χ4n) is 14.8. The largest absolute Gasteiger partial charge is 0.478 e. The minimum Gasteiger partial charge on any atom is -0.478 e. The summed E-state index contributed by atoms with van der Waals surface area (Å²) in [6.07, 6.45) is 14.6. The van der Waals surface area contributed by atoms with Gasteiger partial charge >= 0.3 is 5.97 Å². The number of carboxylic acid groups (broad SMARTS) is 1. The Morgan fingerprint density at radius 1 is 0.960 bits per heavy atom. The Labute approximate surface area is 301 Å². The van der Waals surface area contributed by atoms with E-state index in [-0.39, 0.29) is 38.5 Å². The van der Waals surface area contributed by atoms with Crippen molar-refractivity contribution in [2.45, 2.75) is 123 Å². The third-order valence-corrected chi connectivity index (χ3v) is 19.6. The summed E-state index contributed by atoms with van der Waals surface area (Å²) in [5, 5.41) is 13.6. The van der Waals surface area contributed by atoms with Crippen molar-refractivity contribution in [2.75, 3.05) is 25.4 Å². The molecule has 50 heavy (non-hydrogen) atoms. The predicted molar refractivity (Wildman–Crippen MR) is 202 cm³/mol. The number of rotatable bonds is 7. The second-order valence-corrected chi connectivity index (χ2v) is 21.9. The van der Waals surface area contributed by atoms with E-state index in [1.54, 1.807) is 12.1 Å². The maximum atomic E-state index is 12.4. The first kappa shape index (κ1) is 35.1. The second kappa shape index (κ2) is 11.5. The van der Waals surface area contributed by atoms with Gasteiger partial charge in [0, 0.05) is 31.2 Å². The summed E-state index contributed by atoms with van der Waals surface area (Å²) in [6.45, 7) is 22.5. The number of benzene rings is 1. The molecule has 2 N–H and O–H groups in total. The lowest BCUT2D eigenvalue weighted by atomic mass is 9.33. The van der Waals surface area contributed by atoms with Crippen LogP contribution in [0.25, 0.3) is 5.57 Å². The number of sulfone groups is 1. The lowest BCUT2D eigenvalue weighted by Crippen LogP contribution is -2.68. The highest BCUT2D eigenvalue weighted by atomic mass is 32.2. The van der Waals surface area contributed by atoms with Gasteiger partial charge in [-0.2, -0.15) is 0 Å². The molecule has 1 aromatic rings. The Kier molecular flexibility index (Phi) is 8.08. The van der Waals surface area contributed by atoms with Crippen LogP contribution in [0.3, 0.4) is 0 Å². The van der Waals surface area contributed by atoms with Crippen LogP contribution in [0.5, 0.6) is 0 Å². The zero-order valence-electron chi connectivity index (χ0n) is 31.6. The molecule has 8 rings (SSSR count). The zero-order chi connectivity index (χ0) is 35.6. The standard InChI is InChI=1S/C43H62N2O4S/c1-27(2)32-14-19-43(44-22-23-45-25-31-24-30(45)26-50(31,48)49)21-20-41(6)34(37(32)43)12-13-36-40(5)17-15-33(28-8-10-29(11-9-28)38(46)47)39(3,4)35(40)16-18-42(36,41)7/h8-11,15,30-32,34-37,44H,1,12-14,16-26H2,2-7H3,(H,46,47)/t30-,31?,32+,34-,35+,36-,37-,40+,41-,42-,43+/m1/s1. The van der Waals surface area contributed by atoms with Crippen molar-refractivity contribution in [2.24, 2.45) is 51.2 Å². The molecule has 1 aromatic carbocycles. The average Bonchev–Trinajstić information content (AvgIpc) is 3.72. The van der Waals surface area contributed by atoms with Gasteiger partial charge in [-0.25, -0.2) is 13.2 Å². The molecule has 0 amide bonds. The van der Waals surface area contributed by atoms with Gasteiger partial charge in [0.1, 0.15) is 0 Å². The highest BCUT2D eigenvalue weighted by molar-refractivity contribution is 7.92. The number of aromatic carboxylic acids is 1. The summed E-state index contributed by atoms with van der Waals surface area (Å²) in [5.74, 6) is 2.61. The third kappa shape index (κ3) is 4.83. The molecule has 0 aromatic heterocycles. The predicted octanol–water partition coefficient (Wildman–Crippen LogP) is 8.25. The van der Waals surface area contributed by atoms with Crippen molar-refractivity contribution in [1.82, 2.24) is 10.2 Å². The Balaban J connectivity index is 1.05. The Morgan fingerprint density at radius 3 is 2.34 bits per heavy atom. The van der Waals surface area contributed by atoms with E-state index >= 15 is 0 Å². The van der Waals surface area contributed by atoms with Crippen molar-refractivity contribution in [3.8, 4) is 0 Å². The first-order valence-electron chi connectivity index (χ1n) is 19.9. The van der Waals surface area contributed by atoms with E-state index in [1.165, 1.54) is 68.1 Å². The Morgan fingerprint density at radius 2 is 1.70 bits per heavy atom. The van der Waals surface area contributed by atoms with E-state index in [9.17, 15) is 18.3 Å². The average molecular weight is 703 g/mol. The Hall–Kier alpha value is -1.96. The van der Waals surface area contributed by atoms with Gasteiger partial charge in [0.05, 0.1) is 16.6 Å². The molecule has 2 aliphatic heterocycles. The van der Waals surface area contributed by atoms with Crippen LogP contribution < -0.4 is 5.32 Å². The van der Waals surface area contributed by atoms with Gasteiger partial charge in [0.2, 0.25) is 0 Å². The van der Waals surface area contributed by atoms with Gasteiger partial charge in [0.15, 0.2) is 9.84 Å². The van der Waals surface area contributed by atoms with E-state index in [1.807, 2.05) is 12.1 Å². The smallest absolute Gasteiger partial charge is 0.335 e. The van der Waals surface area contributed by atoms with Crippen LogP contribution in [-0.2, 0) is 9.84 Å². The molecule has 0 radical (unpaired) electrons. The Bertz CT molecular complexity index is 1720. The van der Waals surface area contributed by atoms with Gasteiger partial charge in [-0.05, 0) is 146 Å². The maximum absolute atomic E-state index is 12.4. The number of fused-ring (bicyclic) bond motifs is 9. The summed E-state index contributed by atoms with van der Waals surface area (Å²) in [4.78, 5) is 14.0. The van der Waals surface area contributed by atoms with Gasteiger partial charge in [0.25, 0.3) is 0 Å². The van der Waals surface area contributed by atoms with Crippen LogP contribution in [0.2, 0.25) is 0 Å². The van der Waals surface area contributed by atoms with Crippen molar-refractivity contribution >= 4 is 21.4 Å². The van der Waals surface area contributed by atoms with Gasteiger partial charge < -0.3 is 10.4 Å². The van der Waals surface area contributed by atoms with E-state index in [4.69, 9.17) is 0 Å². The number of nitrogens with one attached hydrogen (secondary N) is 1. The van der Waals surface area contributed by atoms with Crippen LogP contribution in [0.4, 0.5) is 0 Å². The van der Waals surface area contributed by atoms with E-state index in [0.29, 0.717) is 40.9 Å². The normalized spacial score (nSPS) is 45.6. The monoisotopic (exact) mass is 702 g/mol. The molecule has 2 bridgehead atoms. The molecular formula is C43H62N2O4S. The number of hydrogen-bond acceptors (Lipinski definition) is 5. The molecule has 0 spiro atoms. The molecule has 11 atom stereocenters. The molecule has 6 nitrogen and oxygen atoms in total. The van der Waals surface area contributed by atoms with E-state index < -0.39 is 15.8 Å². The first-order chi connectivity index (χ1) is 23.5. The van der Waals surface area contributed by atoms with E-state index in [2.05, 4.69) is 64.4 Å². The molecule has 2 heterocycles. The number of nitrogens with zero attached hydrogens (tertiary/aromatic N) is 1. The summed E-state index contributed by atoms with van der Waals surface area (Å²) in [5.41, 5.74) is 5.25. The zero-order valence-corrected chi connectivity index (χ0v) is 32.4. The second-order valence-electron chi connectivity index (χ2n) is 19.5. The number of likely N-dealkylation sites (tertiary alicyclic amines) is 1. The van der Waals surface area contributed by atoms with Crippen LogP contribution in [0.1, 0.15) is 122 Å². The maximum Gasteiger partial charge on any atom is 0.335 e. The van der Waals surface area contributed by atoms with Crippen molar-refractivity contribution in [1.29, 1.82) is 0 Å². The highest BCUT2D eigenvalue weighted by Crippen LogP contribution is 2.76. The molecule has 4 saturated carbocycles. The fraction of sp³-hybridized carbons (Fsp3) is 0.744. The summed E-state index contributed by atoms with van der Waals surface area (Å²) < 4.78 is 24.8. The third-order valence-electron chi connectivity index (χ3n) is 17.4. The minimum absolute atomic E-state index is 0.0119. The molecule has 2 saturated heterocycles. The SMILES string of the molecule is C=C(C)[C@@H]1CC[C@]2(NCCN3CC4C[C@@H]3CS4(=O)=O)CC[C@]3(C)[C@H](CC[C@@H]4[C@@]5(C)CC=C(c6ccc(C(=O)O)cc6)C(C)(C)[C@@H]5CC[C@]43C)[C@@H]12. The fourth-order valence-corrected chi connectivity index (χ4v) is 16.9. The summed E-state index contributed by atoms with van der Waals surface area (Å²) in [6, 6.07) is 7.82. The van der Waals surface area contributed by atoms with Crippen molar-refractivity contribution in [3.63, 3.8) is 0 Å². The molecule has 5 aliphatic carbocycles. The van der Waals surface area contributed by atoms with E-state index in [0.717, 1.165) is 32.5 Å². The molecule has 274 valence electrons. The van der Waals surface area contributed by atoms with Gasteiger partial charge in [-0.3, -0.25) is 4.90 Å². The first-order valence-corrected chi connectivity index (χ1v) is 21.6. The van der Waals surface area contributed by atoms with Crippen LogP contribution in [0.15, 0.2) is 42.5 Å².